The number of carbonyl (C=O) groups excluding carboxylic acids is 1. The molecule has 0 fully saturated rings. The molecule has 166 valence electrons. The Balaban J connectivity index is 1.48. The van der Waals surface area contributed by atoms with Crippen LogP contribution in [0.3, 0.4) is 0 Å². The molecule has 0 spiro atoms. The third-order valence-corrected chi connectivity index (χ3v) is 5.84. The lowest BCUT2D eigenvalue weighted by molar-refractivity contribution is -0.117. The molecule has 0 bridgehead atoms. The minimum atomic E-state index is -0.411. The van der Waals surface area contributed by atoms with E-state index in [-0.39, 0.29) is 6.54 Å². The summed E-state index contributed by atoms with van der Waals surface area (Å²) in [4.78, 5) is 25.3. The van der Waals surface area contributed by atoms with Gasteiger partial charge in [-0.05, 0) is 29.7 Å². The standard InChI is InChI=1S/C24H21ClN6O2/c1-15(2)16-7-9-17(10-8-16)20-13-21-23-28-31(24(33)29(23)11-12-30(21)27-20)14-22(32)26-19-6-4-3-5-18(19)25/h3-13,15H,14H2,1-2H3,(H,26,32). The molecule has 0 radical (unpaired) electrons. The van der Waals surface area contributed by atoms with Crippen LogP contribution in [0.4, 0.5) is 5.69 Å². The summed E-state index contributed by atoms with van der Waals surface area (Å²) in [5.74, 6) is 0.0507. The lowest BCUT2D eigenvalue weighted by Gasteiger charge is -2.06. The van der Waals surface area contributed by atoms with E-state index in [0.717, 1.165) is 15.9 Å². The van der Waals surface area contributed by atoms with Crippen molar-refractivity contribution in [2.75, 3.05) is 5.32 Å². The van der Waals surface area contributed by atoms with E-state index in [1.54, 1.807) is 41.2 Å². The van der Waals surface area contributed by atoms with E-state index in [1.165, 1.54) is 9.96 Å². The number of aromatic nitrogens is 5. The van der Waals surface area contributed by atoms with Crippen LogP contribution >= 0.6 is 11.6 Å². The van der Waals surface area contributed by atoms with Gasteiger partial charge in [0.15, 0.2) is 5.65 Å². The van der Waals surface area contributed by atoms with Crippen molar-refractivity contribution in [2.45, 2.75) is 26.3 Å². The molecule has 33 heavy (non-hydrogen) atoms. The summed E-state index contributed by atoms with van der Waals surface area (Å²) in [5, 5.41) is 12.2. The van der Waals surface area contributed by atoms with E-state index in [9.17, 15) is 9.59 Å². The second-order valence-electron chi connectivity index (χ2n) is 8.10. The Hall–Kier alpha value is -3.91. The first-order valence-corrected chi connectivity index (χ1v) is 10.9. The number of halogens is 1. The van der Waals surface area contributed by atoms with Crippen LogP contribution in [0, 0.1) is 0 Å². The number of nitrogens with zero attached hydrogens (tertiary/aromatic N) is 5. The van der Waals surface area contributed by atoms with Crippen molar-refractivity contribution in [1.82, 2.24) is 23.8 Å². The zero-order valence-electron chi connectivity index (χ0n) is 18.1. The number of fused-ring (bicyclic) bond motifs is 3. The monoisotopic (exact) mass is 460 g/mol. The Labute approximate surface area is 194 Å². The quantitative estimate of drug-likeness (QED) is 0.425. The Bertz CT molecular complexity index is 1550. The van der Waals surface area contributed by atoms with E-state index in [2.05, 4.69) is 41.5 Å². The average Bonchev–Trinajstić information content (AvgIpc) is 3.37. The van der Waals surface area contributed by atoms with E-state index in [1.807, 2.05) is 18.2 Å². The number of anilines is 1. The van der Waals surface area contributed by atoms with Gasteiger partial charge in [0, 0.05) is 18.0 Å². The molecule has 0 aliphatic heterocycles. The molecule has 0 aliphatic carbocycles. The Kier molecular flexibility index (Phi) is 5.22. The van der Waals surface area contributed by atoms with Crippen LogP contribution in [0.1, 0.15) is 25.3 Å². The van der Waals surface area contributed by atoms with Gasteiger partial charge >= 0.3 is 5.69 Å². The van der Waals surface area contributed by atoms with E-state index in [4.69, 9.17) is 11.6 Å². The number of rotatable bonds is 5. The summed E-state index contributed by atoms with van der Waals surface area (Å²) in [5.41, 5.74) is 4.16. The SMILES string of the molecule is CC(C)c1ccc(-c2cc3c4nn(CC(=O)Nc5ccccc5Cl)c(=O)n4ccn3n2)cc1. The lowest BCUT2D eigenvalue weighted by Crippen LogP contribution is -2.28. The summed E-state index contributed by atoms with van der Waals surface area (Å²) >= 11 is 6.10. The van der Waals surface area contributed by atoms with E-state index < -0.39 is 11.6 Å². The van der Waals surface area contributed by atoms with Gasteiger partial charge in [-0.25, -0.2) is 18.4 Å². The number of benzene rings is 2. The molecule has 0 saturated carbocycles. The van der Waals surface area contributed by atoms with Crippen LogP contribution in [0.25, 0.3) is 22.4 Å². The van der Waals surface area contributed by atoms with Crippen molar-refractivity contribution in [1.29, 1.82) is 0 Å². The summed E-state index contributed by atoms with van der Waals surface area (Å²) in [6.45, 7) is 4.06. The molecule has 5 aromatic rings. The van der Waals surface area contributed by atoms with Crippen LogP contribution in [-0.2, 0) is 11.3 Å². The fourth-order valence-electron chi connectivity index (χ4n) is 3.71. The third-order valence-electron chi connectivity index (χ3n) is 5.51. The largest absolute Gasteiger partial charge is 0.350 e. The first-order valence-electron chi connectivity index (χ1n) is 10.5. The Morgan fingerprint density at radius 3 is 2.55 bits per heavy atom. The molecule has 0 unspecified atom stereocenters. The van der Waals surface area contributed by atoms with Crippen molar-refractivity contribution in [2.24, 2.45) is 0 Å². The predicted octanol–water partition coefficient (Wildman–Crippen LogP) is 4.23. The number of carbonyl (C=O) groups is 1. The van der Waals surface area contributed by atoms with Crippen LogP contribution in [0.15, 0.2) is 71.8 Å². The maximum atomic E-state index is 12.8. The molecule has 0 saturated heterocycles. The van der Waals surface area contributed by atoms with Crippen LogP contribution in [-0.4, -0.2) is 29.7 Å². The molecule has 1 N–H and O–H groups in total. The smallest absolute Gasteiger partial charge is 0.323 e. The third kappa shape index (κ3) is 3.89. The number of hydrogen-bond acceptors (Lipinski definition) is 4. The fourth-order valence-corrected chi connectivity index (χ4v) is 3.89. The average molecular weight is 461 g/mol. The molecule has 1 amide bonds. The van der Waals surface area contributed by atoms with Gasteiger partial charge in [0.1, 0.15) is 12.1 Å². The second-order valence-corrected chi connectivity index (χ2v) is 8.50. The molecule has 8 nitrogen and oxygen atoms in total. The summed E-state index contributed by atoms with van der Waals surface area (Å²) in [6.07, 6.45) is 3.30. The van der Waals surface area contributed by atoms with Crippen LogP contribution in [0.5, 0.6) is 0 Å². The normalized spacial score (nSPS) is 11.5. The minimum absolute atomic E-state index is 0.241. The van der Waals surface area contributed by atoms with Gasteiger partial charge in [-0.1, -0.05) is 61.8 Å². The van der Waals surface area contributed by atoms with Crippen LogP contribution in [0.2, 0.25) is 5.02 Å². The first-order chi connectivity index (χ1) is 15.9. The van der Waals surface area contributed by atoms with Crippen molar-refractivity contribution < 1.29 is 4.79 Å². The van der Waals surface area contributed by atoms with E-state index in [0.29, 0.717) is 27.8 Å². The maximum Gasteiger partial charge on any atom is 0.350 e. The van der Waals surface area contributed by atoms with Crippen molar-refractivity contribution >= 4 is 34.4 Å². The molecule has 0 atom stereocenters. The molecule has 0 aliphatic rings. The van der Waals surface area contributed by atoms with Gasteiger partial charge in [-0.3, -0.25) is 4.79 Å². The highest BCUT2D eigenvalue weighted by Gasteiger charge is 2.16. The highest BCUT2D eigenvalue weighted by Crippen LogP contribution is 2.24. The minimum Gasteiger partial charge on any atom is -0.323 e. The van der Waals surface area contributed by atoms with Crippen molar-refractivity contribution in [3.05, 3.63) is 88.1 Å². The molecule has 5 rings (SSSR count). The van der Waals surface area contributed by atoms with E-state index >= 15 is 0 Å². The van der Waals surface area contributed by atoms with Gasteiger partial charge in [0.2, 0.25) is 5.91 Å². The number of para-hydroxylation sites is 1. The Morgan fingerprint density at radius 2 is 1.82 bits per heavy atom. The fraction of sp³-hybridized carbons (Fsp3) is 0.167. The topological polar surface area (TPSA) is 85.7 Å². The molecular formula is C24H21ClN6O2. The molecule has 3 aromatic heterocycles. The van der Waals surface area contributed by atoms with Crippen molar-refractivity contribution in [3.8, 4) is 11.3 Å². The summed E-state index contributed by atoms with van der Waals surface area (Å²) in [6, 6.07) is 17.1. The highest BCUT2D eigenvalue weighted by atomic mass is 35.5. The maximum absolute atomic E-state index is 12.8. The highest BCUT2D eigenvalue weighted by molar-refractivity contribution is 6.33. The zero-order chi connectivity index (χ0) is 23.1. The predicted molar refractivity (Wildman–Crippen MR) is 128 cm³/mol. The van der Waals surface area contributed by atoms with Gasteiger partial charge < -0.3 is 5.32 Å². The molecular weight excluding hydrogens is 440 g/mol. The summed E-state index contributed by atoms with van der Waals surface area (Å²) in [7, 11) is 0. The molecule has 2 aromatic carbocycles. The summed E-state index contributed by atoms with van der Waals surface area (Å²) < 4.78 is 4.22. The second kappa shape index (κ2) is 8.22. The zero-order valence-corrected chi connectivity index (χ0v) is 18.8. The Morgan fingerprint density at radius 1 is 1.06 bits per heavy atom. The van der Waals surface area contributed by atoms with Crippen molar-refractivity contribution in [3.63, 3.8) is 0 Å². The van der Waals surface area contributed by atoms with Gasteiger partial charge in [0.05, 0.1) is 16.4 Å². The number of amides is 1. The van der Waals surface area contributed by atoms with Gasteiger partial charge in [-0.2, -0.15) is 5.10 Å². The molecule has 3 heterocycles. The number of hydrogen-bond donors (Lipinski definition) is 1. The molecule has 9 heteroatoms. The van der Waals surface area contributed by atoms with Gasteiger partial charge in [0.25, 0.3) is 0 Å². The first kappa shape index (κ1) is 21.0. The number of nitrogens with one attached hydrogen (secondary N) is 1. The van der Waals surface area contributed by atoms with Gasteiger partial charge in [-0.15, -0.1) is 5.10 Å². The lowest BCUT2D eigenvalue weighted by atomic mass is 10.0. The van der Waals surface area contributed by atoms with Crippen LogP contribution < -0.4 is 11.0 Å².